The summed E-state index contributed by atoms with van der Waals surface area (Å²) in [6, 6.07) is 11.6. The van der Waals surface area contributed by atoms with E-state index in [1.165, 1.54) is 44.6 Å². The van der Waals surface area contributed by atoms with Crippen LogP contribution in [0.25, 0.3) is 0 Å². The Hall–Kier alpha value is -4.80. The Bertz CT molecular complexity index is 1380. The molecule has 0 spiro atoms. The zero-order valence-corrected chi connectivity index (χ0v) is 21.1. The number of esters is 1. The van der Waals surface area contributed by atoms with Crippen molar-refractivity contribution in [2.75, 3.05) is 26.1 Å². The van der Waals surface area contributed by atoms with Gasteiger partial charge in [0.2, 0.25) is 23.0 Å². The zero-order valence-electron chi connectivity index (χ0n) is 21.1. The molecule has 0 fully saturated rings. The number of amides is 2. The second-order valence-corrected chi connectivity index (χ2v) is 8.34. The highest BCUT2D eigenvalue weighted by atomic mass is 16.5. The van der Waals surface area contributed by atoms with Gasteiger partial charge < -0.3 is 34.7 Å². The summed E-state index contributed by atoms with van der Waals surface area (Å²) in [5.41, 5.74) is 0.609. The van der Waals surface area contributed by atoms with Gasteiger partial charge >= 0.3 is 5.97 Å². The fraction of sp³-hybridized carbons (Fsp3) is 0.259. The van der Waals surface area contributed by atoms with Gasteiger partial charge in [-0.25, -0.2) is 4.79 Å². The number of nitrogens with one attached hydrogen (secondary N) is 2. The molecule has 0 saturated heterocycles. The number of hydrogen-bond acceptors (Lipinski definition) is 9. The molecule has 0 bridgehead atoms. The number of rotatable bonds is 10. The molecule has 38 heavy (non-hydrogen) atoms. The van der Waals surface area contributed by atoms with Gasteiger partial charge in [-0.1, -0.05) is 6.07 Å². The first kappa shape index (κ1) is 27.8. The molecular weight excluding hydrogens is 496 g/mol. The Morgan fingerprint density at radius 1 is 1.00 bits per heavy atom. The molecule has 11 heteroatoms. The first-order valence-electron chi connectivity index (χ1n) is 11.6. The van der Waals surface area contributed by atoms with Gasteiger partial charge in [-0.15, -0.1) is 0 Å². The minimum absolute atomic E-state index is 0.0142. The molecule has 200 valence electrons. The molecule has 2 aromatic carbocycles. The Labute approximate surface area is 218 Å². The summed E-state index contributed by atoms with van der Waals surface area (Å²) >= 11 is 0. The maximum atomic E-state index is 12.8. The van der Waals surface area contributed by atoms with Crippen LogP contribution in [0.1, 0.15) is 46.2 Å². The molecule has 0 radical (unpaired) electrons. The highest BCUT2D eigenvalue weighted by Gasteiger charge is 2.26. The van der Waals surface area contributed by atoms with E-state index in [4.69, 9.17) is 9.15 Å². The lowest BCUT2D eigenvalue weighted by Gasteiger charge is -2.19. The minimum atomic E-state index is -0.890. The average molecular weight is 525 g/mol. The number of phenolic OH excluding ortho intramolecular Hbond substituents is 1. The Balaban J connectivity index is 1.68. The van der Waals surface area contributed by atoms with Gasteiger partial charge in [0, 0.05) is 31.1 Å². The van der Waals surface area contributed by atoms with Crippen LogP contribution in [0.15, 0.2) is 57.7 Å². The molecule has 3 aromatic rings. The van der Waals surface area contributed by atoms with Crippen LogP contribution in [0.2, 0.25) is 0 Å². The number of methoxy groups -OCH3 is 2. The maximum absolute atomic E-state index is 12.8. The molecule has 1 heterocycles. The molecule has 3 rings (SSSR count). The minimum Gasteiger partial charge on any atom is -0.504 e. The van der Waals surface area contributed by atoms with Crippen LogP contribution in [0.3, 0.4) is 0 Å². The van der Waals surface area contributed by atoms with Crippen LogP contribution < -0.4 is 20.8 Å². The molecule has 0 saturated carbocycles. The molecule has 2 amide bonds. The van der Waals surface area contributed by atoms with E-state index in [1.807, 2.05) is 0 Å². The second-order valence-electron chi connectivity index (χ2n) is 8.34. The standard InChI is InChI=1S/C27H28N2O9/c1-15-12-21(31)25(34)26(38-15)19(17-6-9-20(30)22(13-17)36-2)14-24(33)28-11-10-23(32)29-18-7-4-16(5-8-18)27(35)37-3/h4-9,12-13,19,30,34H,10-11,14H2,1-3H3,(H,28,33)(H,29,32)/t19-/m1/s1. The van der Waals surface area contributed by atoms with Crippen LogP contribution in [0.4, 0.5) is 5.69 Å². The summed E-state index contributed by atoms with van der Waals surface area (Å²) in [5.74, 6) is -2.69. The third kappa shape index (κ3) is 6.90. The number of aryl methyl sites for hydroxylation is 1. The van der Waals surface area contributed by atoms with Crippen molar-refractivity contribution >= 4 is 23.5 Å². The monoisotopic (exact) mass is 524 g/mol. The van der Waals surface area contributed by atoms with E-state index in [0.29, 0.717) is 16.8 Å². The smallest absolute Gasteiger partial charge is 0.337 e. The summed E-state index contributed by atoms with van der Waals surface area (Å²) in [5, 5.41) is 25.7. The maximum Gasteiger partial charge on any atom is 0.337 e. The predicted octanol–water partition coefficient (Wildman–Crippen LogP) is 2.82. The summed E-state index contributed by atoms with van der Waals surface area (Å²) in [6.45, 7) is 1.56. The van der Waals surface area contributed by atoms with Gasteiger partial charge in [-0.3, -0.25) is 14.4 Å². The van der Waals surface area contributed by atoms with Crippen molar-refractivity contribution in [3.8, 4) is 17.2 Å². The molecule has 0 aliphatic heterocycles. The average Bonchev–Trinajstić information content (AvgIpc) is 2.89. The van der Waals surface area contributed by atoms with Gasteiger partial charge in [0.05, 0.1) is 25.7 Å². The summed E-state index contributed by atoms with van der Waals surface area (Å²) in [6.07, 6.45) is -0.266. The van der Waals surface area contributed by atoms with Crippen LogP contribution in [0, 0.1) is 6.92 Å². The molecule has 1 atom stereocenters. The fourth-order valence-electron chi connectivity index (χ4n) is 3.74. The zero-order chi connectivity index (χ0) is 27.8. The Morgan fingerprint density at radius 3 is 2.37 bits per heavy atom. The number of benzene rings is 2. The molecule has 11 nitrogen and oxygen atoms in total. The molecule has 0 aliphatic carbocycles. The highest BCUT2D eigenvalue weighted by molar-refractivity contribution is 5.93. The van der Waals surface area contributed by atoms with Crippen molar-refractivity contribution in [1.82, 2.24) is 5.32 Å². The molecular formula is C27H28N2O9. The summed E-state index contributed by atoms with van der Waals surface area (Å²) < 4.78 is 15.4. The van der Waals surface area contributed by atoms with Crippen molar-refractivity contribution < 1.29 is 38.5 Å². The lowest BCUT2D eigenvalue weighted by molar-refractivity contribution is -0.121. The van der Waals surface area contributed by atoms with E-state index in [0.717, 1.165) is 6.07 Å². The fourth-order valence-corrected chi connectivity index (χ4v) is 3.74. The number of phenols is 1. The first-order chi connectivity index (χ1) is 18.1. The van der Waals surface area contributed by atoms with Crippen LogP contribution >= 0.6 is 0 Å². The lowest BCUT2D eigenvalue weighted by Crippen LogP contribution is -2.29. The van der Waals surface area contributed by atoms with Crippen molar-refractivity contribution in [2.45, 2.75) is 25.7 Å². The Morgan fingerprint density at radius 2 is 1.71 bits per heavy atom. The molecule has 4 N–H and O–H groups in total. The van der Waals surface area contributed by atoms with E-state index < -0.39 is 29.0 Å². The highest BCUT2D eigenvalue weighted by Crippen LogP contribution is 2.37. The van der Waals surface area contributed by atoms with Crippen LogP contribution in [-0.2, 0) is 14.3 Å². The van der Waals surface area contributed by atoms with Gasteiger partial charge in [-0.2, -0.15) is 0 Å². The lowest BCUT2D eigenvalue weighted by atomic mass is 9.91. The molecule has 0 aliphatic rings. The number of hydrogen-bond donors (Lipinski definition) is 4. The molecule has 1 aromatic heterocycles. The van der Waals surface area contributed by atoms with E-state index >= 15 is 0 Å². The van der Waals surface area contributed by atoms with Crippen molar-refractivity contribution in [1.29, 1.82) is 0 Å². The van der Waals surface area contributed by atoms with E-state index in [2.05, 4.69) is 15.4 Å². The second kappa shape index (κ2) is 12.4. The predicted molar refractivity (Wildman–Crippen MR) is 137 cm³/mol. The van der Waals surface area contributed by atoms with E-state index in [-0.39, 0.29) is 48.3 Å². The third-order valence-corrected chi connectivity index (χ3v) is 5.65. The summed E-state index contributed by atoms with van der Waals surface area (Å²) in [7, 11) is 2.64. The number of ether oxygens (including phenoxy) is 2. The van der Waals surface area contributed by atoms with E-state index in [9.17, 15) is 29.4 Å². The molecule has 0 unspecified atom stereocenters. The van der Waals surface area contributed by atoms with Crippen LogP contribution in [0.5, 0.6) is 17.2 Å². The SMILES string of the molecule is COC(=O)c1ccc(NC(=O)CCNC(=O)C[C@H](c2ccc(O)c(OC)c2)c2oc(C)cc(=O)c2O)cc1. The van der Waals surface area contributed by atoms with Crippen LogP contribution in [-0.4, -0.2) is 48.8 Å². The van der Waals surface area contributed by atoms with Gasteiger partial charge in [0.15, 0.2) is 17.3 Å². The van der Waals surface area contributed by atoms with E-state index in [1.54, 1.807) is 19.1 Å². The quantitative estimate of drug-likeness (QED) is 0.292. The number of anilines is 1. The van der Waals surface area contributed by atoms with Crippen molar-refractivity contribution in [3.63, 3.8) is 0 Å². The number of aromatic hydroxyl groups is 2. The normalized spacial score (nSPS) is 11.3. The van der Waals surface area contributed by atoms with Crippen molar-refractivity contribution in [2.24, 2.45) is 0 Å². The number of carbonyl (C=O) groups is 3. The van der Waals surface area contributed by atoms with Gasteiger partial charge in [0.25, 0.3) is 0 Å². The topological polar surface area (TPSA) is 164 Å². The van der Waals surface area contributed by atoms with Gasteiger partial charge in [0.1, 0.15) is 5.76 Å². The number of carbonyl (C=O) groups excluding carboxylic acids is 3. The largest absolute Gasteiger partial charge is 0.504 e. The van der Waals surface area contributed by atoms with Crippen molar-refractivity contribution in [3.05, 3.63) is 81.4 Å². The Kier molecular flexibility index (Phi) is 9.09. The summed E-state index contributed by atoms with van der Waals surface area (Å²) in [4.78, 5) is 48.8. The first-order valence-corrected chi connectivity index (χ1v) is 11.6. The van der Waals surface area contributed by atoms with Gasteiger partial charge in [-0.05, 0) is 48.9 Å². The third-order valence-electron chi connectivity index (χ3n) is 5.65.